The third-order valence-corrected chi connectivity index (χ3v) is 5.31. The Morgan fingerprint density at radius 1 is 1.20 bits per heavy atom. The molecule has 2 fully saturated rings. The SMILES string of the molecule is O=S1(=O)CCCN1CCNC1CCCC1. The summed E-state index contributed by atoms with van der Waals surface area (Å²) in [6.45, 7) is 2.18. The second-order valence-electron chi connectivity index (χ2n) is 4.50. The summed E-state index contributed by atoms with van der Waals surface area (Å²) >= 11 is 0. The second-order valence-corrected chi connectivity index (χ2v) is 6.59. The first kappa shape index (κ1) is 11.4. The lowest BCUT2D eigenvalue weighted by molar-refractivity contribution is 0.414. The molecule has 15 heavy (non-hydrogen) atoms. The first-order valence-electron chi connectivity index (χ1n) is 5.90. The highest BCUT2D eigenvalue weighted by molar-refractivity contribution is 7.89. The Morgan fingerprint density at radius 3 is 2.53 bits per heavy atom. The van der Waals surface area contributed by atoms with Crippen LogP contribution in [0.4, 0.5) is 0 Å². The first-order chi connectivity index (χ1) is 7.18. The van der Waals surface area contributed by atoms with Crippen LogP contribution in [0.2, 0.25) is 0 Å². The summed E-state index contributed by atoms with van der Waals surface area (Å²) in [5, 5.41) is 3.44. The molecule has 0 amide bonds. The highest BCUT2D eigenvalue weighted by Gasteiger charge is 2.27. The molecule has 0 radical (unpaired) electrons. The van der Waals surface area contributed by atoms with E-state index in [2.05, 4.69) is 5.32 Å². The lowest BCUT2D eigenvalue weighted by Gasteiger charge is -2.17. The molecule has 4 nitrogen and oxygen atoms in total. The smallest absolute Gasteiger partial charge is 0.214 e. The summed E-state index contributed by atoms with van der Waals surface area (Å²) in [7, 11) is -2.89. The Kier molecular flexibility index (Phi) is 3.64. The van der Waals surface area contributed by atoms with E-state index >= 15 is 0 Å². The van der Waals surface area contributed by atoms with Crippen LogP contribution in [0.15, 0.2) is 0 Å². The van der Waals surface area contributed by atoms with Gasteiger partial charge in [-0.1, -0.05) is 12.8 Å². The number of hydrogen-bond donors (Lipinski definition) is 1. The maximum Gasteiger partial charge on any atom is 0.214 e. The Bertz CT molecular complexity index is 297. The van der Waals surface area contributed by atoms with Gasteiger partial charge in [-0.15, -0.1) is 0 Å². The Balaban J connectivity index is 1.69. The standard InChI is InChI=1S/C10H20N2O2S/c13-15(14)9-3-7-12(15)8-6-11-10-4-1-2-5-10/h10-11H,1-9H2. The molecule has 1 saturated heterocycles. The van der Waals surface area contributed by atoms with Gasteiger partial charge in [-0.3, -0.25) is 0 Å². The van der Waals surface area contributed by atoms with E-state index in [0.29, 0.717) is 24.9 Å². The van der Waals surface area contributed by atoms with Gasteiger partial charge in [0.05, 0.1) is 5.75 Å². The van der Waals surface area contributed by atoms with Gasteiger partial charge in [-0.2, -0.15) is 0 Å². The number of rotatable bonds is 4. The van der Waals surface area contributed by atoms with Crippen molar-refractivity contribution in [1.29, 1.82) is 0 Å². The Morgan fingerprint density at radius 2 is 1.93 bits per heavy atom. The summed E-state index contributed by atoms with van der Waals surface area (Å²) in [6.07, 6.45) is 5.95. The van der Waals surface area contributed by atoms with Gasteiger partial charge in [-0.25, -0.2) is 12.7 Å². The molecule has 0 atom stereocenters. The van der Waals surface area contributed by atoms with Crippen molar-refractivity contribution in [3.8, 4) is 0 Å². The van der Waals surface area contributed by atoms with Crippen molar-refractivity contribution in [1.82, 2.24) is 9.62 Å². The van der Waals surface area contributed by atoms with Crippen LogP contribution in [0.5, 0.6) is 0 Å². The highest BCUT2D eigenvalue weighted by atomic mass is 32.2. The van der Waals surface area contributed by atoms with Crippen LogP contribution in [0.3, 0.4) is 0 Å². The minimum atomic E-state index is -2.89. The number of nitrogens with zero attached hydrogens (tertiary/aromatic N) is 1. The average Bonchev–Trinajstić information content (AvgIpc) is 2.77. The molecular formula is C10H20N2O2S. The summed E-state index contributed by atoms with van der Waals surface area (Å²) in [5.74, 6) is 0.344. The topological polar surface area (TPSA) is 49.4 Å². The molecule has 2 aliphatic rings. The Hall–Kier alpha value is -0.130. The van der Waals surface area contributed by atoms with Crippen molar-refractivity contribution in [2.45, 2.75) is 38.1 Å². The van der Waals surface area contributed by atoms with Crippen LogP contribution in [0.25, 0.3) is 0 Å². The molecular weight excluding hydrogens is 212 g/mol. The monoisotopic (exact) mass is 232 g/mol. The zero-order valence-electron chi connectivity index (χ0n) is 9.11. The molecule has 1 N–H and O–H groups in total. The van der Waals surface area contributed by atoms with Gasteiger partial charge in [-0.05, 0) is 19.3 Å². The first-order valence-corrected chi connectivity index (χ1v) is 7.50. The maximum absolute atomic E-state index is 11.5. The van der Waals surface area contributed by atoms with Crippen LogP contribution in [0, 0.1) is 0 Å². The molecule has 0 spiro atoms. The van der Waals surface area contributed by atoms with Crippen molar-refractivity contribution >= 4 is 10.0 Å². The molecule has 1 aliphatic carbocycles. The lowest BCUT2D eigenvalue weighted by Crippen LogP contribution is -2.36. The van der Waals surface area contributed by atoms with E-state index in [-0.39, 0.29) is 0 Å². The third kappa shape index (κ3) is 2.92. The second kappa shape index (κ2) is 4.80. The van der Waals surface area contributed by atoms with Crippen LogP contribution >= 0.6 is 0 Å². The molecule has 5 heteroatoms. The van der Waals surface area contributed by atoms with E-state index in [0.717, 1.165) is 13.0 Å². The van der Waals surface area contributed by atoms with Crippen molar-refractivity contribution in [2.75, 3.05) is 25.4 Å². The number of sulfonamides is 1. The van der Waals surface area contributed by atoms with Crippen LogP contribution in [-0.4, -0.2) is 44.2 Å². The van der Waals surface area contributed by atoms with Crippen molar-refractivity contribution < 1.29 is 8.42 Å². The van der Waals surface area contributed by atoms with Crippen molar-refractivity contribution in [2.24, 2.45) is 0 Å². The van der Waals surface area contributed by atoms with E-state index in [1.165, 1.54) is 25.7 Å². The third-order valence-electron chi connectivity index (χ3n) is 3.35. The fraction of sp³-hybridized carbons (Fsp3) is 1.00. The van der Waals surface area contributed by atoms with Gasteiger partial charge in [0.2, 0.25) is 10.0 Å². The molecule has 1 heterocycles. The molecule has 0 bridgehead atoms. The zero-order valence-corrected chi connectivity index (χ0v) is 9.93. The number of nitrogens with one attached hydrogen (secondary N) is 1. The summed E-state index contributed by atoms with van der Waals surface area (Å²) in [5.41, 5.74) is 0. The predicted molar refractivity (Wildman–Crippen MR) is 60.2 cm³/mol. The number of hydrogen-bond acceptors (Lipinski definition) is 3. The van der Waals surface area contributed by atoms with Gasteiger partial charge in [0.15, 0.2) is 0 Å². The quantitative estimate of drug-likeness (QED) is 0.770. The molecule has 88 valence electrons. The van der Waals surface area contributed by atoms with Gasteiger partial charge >= 0.3 is 0 Å². The molecule has 0 aromatic rings. The molecule has 0 aromatic heterocycles. The average molecular weight is 232 g/mol. The largest absolute Gasteiger partial charge is 0.313 e. The Labute approximate surface area is 92.1 Å². The van der Waals surface area contributed by atoms with Gasteiger partial charge in [0.25, 0.3) is 0 Å². The minimum Gasteiger partial charge on any atom is -0.313 e. The minimum absolute atomic E-state index is 0.344. The maximum atomic E-state index is 11.5. The molecule has 0 unspecified atom stereocenters. The van der Waals surface area contributed by atoms with Crippen LogP contribution < -0.4 is 5.32 Å². The van der Waals surface area contributed by atoms with Crippen molar-refractivity contribution in [3.63, 3.8) is 0 Å². The normalized spacial score (nSPS) is 27.5. The summed E-state index contributed by atoms with van der Waals surface area (Å²) in [4.78, 5) is 0. The zero-order chi connectivity index (χ0) is 10.7. The molecule has 1 aliphatic heterocycles. The predicted octanol–water partition coefficient (Wildman–Crippen LogP) is 0.554. The van der Waals surface area contributed by atoms with E-state index in [1.807, 2.05) is 0 Å². The highest BCUT2D eigenvalue weighted by Crippen LogP contribution is 2.17. The summed E-state index contributed by atoms with van der Waals surface area (Å²) in [6, 6.07) is 0.635. The van der Waals surface area contributed by atoms with E-state index in [1.54, 1.807) is 4.31 Å². The fourth-order valence-corrected chi connectivity index (χ4v) is 3.99. The van der Waals surface area contributed by atoms with E-state index in [9.17, 15) is 8.42 Å². The van der Waals surface area contributed by atoms with Crippen LogP contribution in [0.1, 0.15) is 32.1 Å². The molecule has 1 saturated carbocycles. The van der Waals surface area contributed by atoms with E-state index in [4.69, 9.17) is 0 Å². The van der Waals surface area contributed by atoms with Gasteiger partial charge < -0.3 is 5.32 Å². The van der Waals surface area contributed by atoms with Gasteiger partial charge in [0.1, 0.15) is 0 Å². The van der Waals surface area contributed by atoms with E-state index < -0.39 is 10.0 Å². The fourth-order valence-electron chi connectivity index (χ4n) is 2.47. The molecule has 2 rings (SSSR count). The lowest BCUT2D eigenvalue weighted by atomic mass is 10.2. The summed E-state index contributed by atoms with van der Waals surface area (Å²) < 4.78 is 24.6. The molecule has 0 aromatic carbocycles. The van der Waals surface area contributed by atoms with Crippen molar-refractivity contribution in [3.05, 3.63) is 0 Å². The van der Waals surface area contributed by atoms with Gasteiger partial charge in [0, 0.05) is 25.7 Å². The van der Waals surface area contributed by atoms with Crippen LogP contribution in [-0.2, 0) is 10.0 Å².